The molecule has 0 radical (unpaired) electrons. The molecule has 1 amide bonds. The highest BCUT2D eigenvalue weighted by atomic mass is 79.9. The van der Waals surface area contributed by atoms with E-state index >= 15 is 0 Å². The number of benzene rings is 1. The Bertz CT molecular complexity index is 756. The van der Waals surface area contributed by atoms with E-state index in [0.717, 1.165) is 21.5 Å². The van der Waals surface area contributed by atoms with Gasteiger partial charge in [0.15, 0.2) is 0 Å². The van der Waals surface area contributed by atoms with Crippen molar-refractivity contribution in [1.29, 1.82) is 0 Å². The number of nitrogens with one attached hydrogen (secondary N) is 1. The van der Waals surface area contributed by atoms with E-state index in [0.29, 0.717) is 0 Å². The summed E-state index contributed by atoms with van der Waals surface area (Å²) in [6.07, 6.45) is 0. The first-order valence-corrected chi connectivity index (χ1v) is 8.88. The molecule has 0 bridgehead atoms. The van der Waals surface area contributed by atoms with E-state index in [9.17, 15) is 4.79 Å². The SMILES string of the molecule is Cc1cc(Br)ccc1C1SC(C)C(=O)Nc2c1c(C)nn2C. The second-order valence-electron chi connectivity index (χ2n) is 5.62. The van der Waals surface area contributed by atoms with Crippen LogP contribution in [0.2, 0.25) is 0 Å². The predicted molar refractivity (Wildman–Crippen MR) is 94.3 cm³/mol. The zero-order valence-corrected chi connectivity index (χ0v) is 15.4. The van der Waals surface area contributed by atoms with Gasteiger partial charge in [-0.1, -0.05) is 22.0 Å². The maximum Gasteiger partial charge on any atom is 0.238 e. The highest BCUT2D eigenvalue weighted by molar-refractivity contribution is 9.10. The summed E-state index contributed by atoms with van der Waals surface area (Å²) in [5.41, 5.74) is 4.51. The van der Waals surface area contributed by atoms with Crippen molar-refractivity contribution in [2.45, 2.75) is 31.3 Å². The molecule has 0 spiro atoms. The maximum atomic E-state index is 12.3. The van der Waals surface area contributed by atoms with Crippen LogP contribution in [-0.4, -0.2) is 20.9 Å². The highest BCUT2D eigenvalue weighted by Gasteiger charge is 2.33. The van der Waals surface area contributed by atoms with Gasteiger partial charge in [-0.3, -0.25) is 9.48 Å². The number of nitrogens with zero attached hydrogens (tertiary/aromatic N) is 2. The van der Waals surface area contributed by atoms with E-state index < -0.39 is 0 Å². The van der Waals surface area contributed by atoms with Gasteiger partial charge in [-0.15, -0.1) is 11.8 Å². The first-order valence-electron chi connectivity index (χ1n) is 7.14. The zero-order valence-electron chi connectivity index (χ0n) is 13.0. The van der Waals surface area contributed by atoms with Crippen LogP contribution in [0, 0.1) is 13.8 Å². The van der Waals surface area contributed by atoms with Gasteiger partial charge >= 0.3 is 0 Å². The van der Waals surface area contributed by atoms with Gasteiger partial charge in [0, 0.05) is 17.1 Å². The molecule has 0 saturated carbocycles. The lowest BCUT2D eigenvalue weighted by molar-refractivity contribution is -0.115. The minimum absolute atomic E-state index is 0.0338. The standard InChI is InChI=1S/C16H18BrN3OS/c1-8-7-11(17)5-6-12(8)14-13-9(2)19-20(4)15(13)18-16(21)10(3)22-14/h5-7,10,14H,1-4H3,(H,18,21). The van der Waals surface area contributed by atoms with E-state index in [1.165, 1.54) is 11.1 Å². The number of fused-ring (bicyclic) bond motifs is 1. The Hall–Kier alpha value is -1.27. The molecule has 1 N–H and O–H groups in total. The van der Waals surface area contributed by atoms with Crippen LogP contribution >= 0.6 is 27.7 Å². The average Bonchev–Trinajstić information content (AvgIpc) is 2.62. The zero-order chi connectivity index (χ0) is 16.0. The number of carbonyl (C=O) groups excluding carboxylic acids is 1. The van der Waals surface area contributed by atoms with Gasteiger partial charge in [0.05, 0.1) is 16.2 Å². The Morgan fingerprint density at radius 1 is 1.36 bits per heavy atom. The lowest BCUT2D eigenvalue weighted by Gasteiger charge is -2.19. The van der Waals surface area contributed by atoms with Crippen molar-refractivity contribution < 1.29 is 4.79 Å². The quantitative estimate of drug-likeness (QED) is 0.815. The number of anilines is 1. The molecule has 2 aromatic rings. The molecule has 6 heteroatoms. The van der Waals surface area contributed by atoms with Crippen LogP contribution in [0.1, 0.15) is 34.6 Å². The van der Waals surface area contributed by atoms with Crippen molar-refractivity contribution >= 4 is 39.4 Å². The lowest BCUT2D eigenvalue weighted by Crippen LogP contribution is -2.22. The molecular weight excluding hydrogens is 362 g/mol. The highest BCUT2D eigenvalue weighted by Crippen LogP contribution is 2.46. The van der Waals surface area contributed by atoms with Crippen LogP contribution in [-0.2, 0) is 11.8 Å². The van der Waals surface area contributed by atoms with Gasteiger partial charge in [0.1, 0.15) is 5.82 Å². The lowest BCUT2D eigenvalue weighted by atomic mass is 10.00. The molecule has 2 heterocycles. The fourth-order valence-electron chi connectivity index (χ4n) is 2.85. The molecule has 1 aliphatic heterocycles. The molecule has 2 atom stereocenters. The Labute approximate surface area is 142 Å². The maximum absolute atomic E-state index is 12.3. The molecule has 1 aliphatic rings. The molecule has 0 saturated heterocycles. The summed E-state index contributed by atoms with van der Waals surface area (Å²) < 4.78 is 2.83. The predicted octanol–water partition coefficient (Wildman–Crippen LogP) is 3.96. The fourth-order valence-corrected chi connectivity index (χ4v) is 4.75. The van der Waals surface area contributed by atoms with Crippen LogP contribution in [0.25, 0.3) is 0 Å². The van der Waals surface area contributed by atoms with E-state index in [1.807, 2.05) is 20.9 Å². The van der Waals surface area contributed by atoms with E-state index in [2.05, 4.69) is 51.5 Å². The summed E-state index contributed by atoms with van der Waals surface area (Å²) >= 11 is 5.20. The molecule has 0 aliphatic carbocycles. The van der Waals surface area contributed by atoms with Gasteiger partial charge in [0.2, 0.25) is 5.91 Å². The second kappa shape index (κ2) is 5.74. The number of aromatic nitrogens is 2. The topological polar surface area (TPSA) is 46.9 Å². The van der Waals surface area contributed by atoms with Gasteiger partial charge in [0.25, 0.3) is 0 Å². The largest absolute Gasteiger partial charge is 0.310 e. The normalized spacial score (nSPS) is 21.2. The number of amides is 1. The summed E-state index contributed by atoms with van der Waals surface area (Å²) in [5, 5.41) is 7.51. The van der Waals surface area contributed by atoms with E-state index in [-0.39, 0.29) is 16.4 Å². The second-order valence-corrected chi connectivity index (χ2v) is 7.99. The van der Waals surface area contributed by atoms with Gasteiger partial charge in [-0.05, 0) is 44.0 Å². The minimum atomic E-state index is -0.111. The Balaban J connectivity index is 2.20. The van der Waals surface area contributed by atoms with Crippen LogP contribution in [0.15, 0.2) is 22.7 Å². The number of hydrogen-bond donors (Lipinski definition) is 1. The minimum Gasteiger partial charge on any atom is -0.310 e. The van der Waals surface area contributed by atoms with Crippen LogP contribution < -0.4 is 5.32 Å². The smallest absolute Gasteiger partial charge is 0.238 e. The molecule has 116 valence electrons. The Morgan fingerprint density at radius 3 is 2.77 bits per heavy atom. The first kappa shape index (κ1) is 15.6. The van der Waals surface area contributed by atoms with Crippen molar-refractivity contribution in [1.82, 2.24) is 9.78 Å². The molecule has 22 heavy (non-hydrogen) atoms. The number of halogens is 1. The number of rotatable bonds is 1. The summed E-state index contributed by atoms with van der Waals surface area (Å²) in [4.78, 5) is 12.3. The number of aryl methyl sites for hydroxylation is 3. The molecular formula is C16H18BrN3OS. The number of carbonyl (C=O) groups is 1. The van der Waals surface area contributed by atoms with Gasteiger partial charge in [-0.25, -0.2) is 0 Å². The summed E-state index contributed by atoms with van der Waals surface area (Å²) in [6.45, 7) is 6.06. The Kier molecular flexibility index (Phi) is 4.07. The molecule has 2 unspecified atom stereocenters. The first-order chi connectivity index (χ1) is 10.4. The summed E-state index contributed by atoms with van der Waals surface area (Å²) in [6, 6.07) is 6.31. The van der Waals surface area contributed by atoms with Crippen LogP contribution in [0.4, 0.5) is 5.82 Å². The van der Waals surface area contributed by atoms with Crippen molar-refractivity contribution in [3.63, 3.8) is 0 Å². The van der Waals surface area contributed by atoms with Crippen molar-refractivity contribution in [3.8, 4) is 0 Å². The van der Waals surface area contributed by atoms with Crippen LogP contribution in [0.5, 0.6) is 0 Å². The third-order valence-electron chi connectivity index (χ3n) is 4.00. The van der Waals surface area contributed by atoms with Crippen LogP contribution in [0.3, 0.4) is 0 Å². The van der Waals surface area contributed by atoms with Crippen molar-refractivity contribution in [2.75, 3.05) is 5.32 Å². The fraction of sp³-hybridized carbons (Fsp3) is 0.375. The van der Waals surface area contributed by atoms with E-state index in [1.54, 1.807) is 16.4 Å². The summed E-state index contributed by atoms with van der Waals surface area (Å²) in [7, 11) is 1.87. The van der Waals surface area contributed by atoms with E-state index in [4.69, 9.17) is 0 Å². The monoisotopic (exact) mass is 379 g/mol. The molecule has 0 fully saturated rings. The Morgan fingerprint density at radius 2 is 2.09 bits per heavy atom. The molecule has 3 rings (SSSR count). The molecule has 4 nitrogen and oxygen atoms in total. The van der Waals surface area contributed by atoms with Gasteiger partial charge in [-0.2, -0.15) is 5.10 Å². The average molecular weight is 380 g/mol. The third-order valence-corrected chi connectivity index (χ3v) is 5.87. The van der Waals surface area contributed by atoms with Crippen molar-refractivity contribution in [2.24, 2.45) is 7.05 Å². The molecule has 1 aromatic carbocycles. The summed E-state index contributed by atoms with van der Waals surface area (Å²) in [5.74, 6) is 0.846. The number of thioether (sulfide) groups is 1. The molecule has 1 aromatic heterocycles. The third kappa shape index (κ3) is 2.58. The van der Waals surface area contributed by atoms with Crippen molar-refractivity contribution in [3.05, 3.63) is 45.1 Å². The van der Waals surface area contributed by atoms with Gasteiger partial charge < -0.3 is 5.32 Å². The number of hydrogen-bond acceptors (Lipinski definition) is 3.